The smallest absolute Gasteiger partial charge is 0.337 e. The minimum atomic E-state index is -3.77. The molecule has 6 nitrogen and oxygen atoms in total. The summed E-state index contributed by atoms with van der Waals surface area (Å²) in [6, 6.07) is 3.41. The Morgan fingerprint density at radius 3 is 2.55 bits per heavy atom. The van der Waals surface area contributed by atoms with Gasteiger partial charge in [0.25, 0.3) is 0 Å². The van der Waals surface area contributed by atoms with E-state index in [1.807, 2.05) is 0 Å². The SMILES string of the molecule is COC(=O)c1ccc(S(=O)(=O)N[C@@H](C)CN)c(Cl)c1.Cl. The van der Waals surface area contributed by atoms with E-state index >= 15 is 0 Å². The van der Waals surface area contributed by atoms with Gasteiger partial charge in [0.2, 0.25) is 10.0 Å². The van der Waals surface area contributed by atoms with E-state index in [2.05, 4.69) is 9.46 Å². The van der Waals surface area contributed by atoms with Crippen LogP contribution >= 0.6 is 24.0 Å². The van der Waals surface area contributed by atoms with Crippen LogP contribution in [0, 0.1) is 0 Å². The van der Waals surface area contributed by atoms with Gasteiger partial charge in [-0.1, -0.05) is 11.6 Å². The molecule has 0 spiro atoms. The van der Waals surface area contributed by atoms with Crippen molar-refractivity contribution in [1.82, 2.24) is 4.72 Å². The van der Waals surface area contributed by atoms with E-state index in [1.165, 1.54) is 25.3 Å². The maximum absolute atomic E-state index is 12.0. The first-order valence-electron chi connectivity index (χ1n) is 5.42. The number of benzene rings is 1. The van der Waals surface area contributed by atoms with Gasteiger partial charge in [-0.2, -0.15) is 0 Å². The zero-order valence-electron chi connectivity index (χ0n) is 10.9. The van der Waals surface area contributed by atoms with Crippen molar-refractivity contribution >= 4 is 40.0 Å². The second kappa shape index (κ2) is 7.80. The van der Waals surface area contributed by atoms with Crippen LogP contribution in [-0.4, -0.2) is 34.1 Å². The zero-order chi connectivity index (χ0) is 14.6. The number of sulfonamides is 1. The molecule has 0 saturated heterocycles. The van der Waals surface area contributed by atoms with Gasteiger partial charge in [-0.15, -0.1) is 12.4 Å². The lowest BCUT2D eigenvalue weighted by atomic mass is 10.2. The van der Waals surface area contributed by atoms with Crippen molar-refractivity contribution in [2.24, 2.45) is 5.73 Å². The summed E-state index contributed by atoms with van der Waals surface area (Å²) >= 11 is 5.88. The summed E-state index contributed by atoms with van der Waals surface area (Å²) in [5.41, 5.74) is 5.54. The largest absolute Gasteiger partial charge is 0.465 e. The third kappa shape index (κ3) is 4.60. The molecule has 0 fully saturated rings. The lowest BCUT2D eigenvalue weighted by Gasteiger charge is -2.13. The van der Waals surface area contributed by atoms with Gasteiger partial charge in [0.1, 0.15) is 4.90 Å². The minimum Gasteiger partial charge on any atom is -0.465 e. The van der Waals surface area contributed by atoms with E-state index in [0.717, 1.165) is 0 Å². The van der Waals surface area contributed by atoms with Crippen LogP contribution in [0.4, 0.5) is 0 Å². The number of carbonyl (C=O) groups is 1. The molecular weight excluding hydrogens is 327 g/mol. The second-order valence-corrected chi connectivity index (χ2v) is 5.98. The molecule has 0 aliphatic rings. The molecule has 0 heterocycles. The van der Waals surface area contributed by atoms with Gasteiger partial charge in [-0.05, 0) is 25.1 Å². The second-order valence-electron chi connectivity index (χ2n) is 3.89. The first-order chi connectivity index (χ1) is 8.81. The summed E-state index contributed by atoms with van der Waals surface area (Å²) in [4.78, 5) is 11.2. The molecule has 114 valence electrons. The fraction of sp³-hybridized carbons (Fsp3) is 0.364. The summed E-state index contributed by atoms with van der Waals surface area (Å²) < 4.78 is 30.9. The van der Waals surface area contributed by atoms with E-state index in [0.29, 0.717) is 0 Å². The lowest BCUT2D eigenvalue weighted by molar-refractivity contribution is 0.0600. The molecule has 0 radical (unpaired) electrons. The number of esters is 1. The summed E-state index contributed by atoms with van der Waals surface area (Å²) in [6.45, 7) is 1.80. The van der Waals surface area contributed by atoms with E-state index in [4.69, 9.17) is 17.3 Å². The number of halogens is 2. The average Bonchev–Trinajstić information content (AvgIpc) is 2.36. The maximum Gasteiger partial charge on any atom is 0.337 e. The van der Waals surface area contributed by atoms with Crippen LogP contribution in [0.1, 0.15) is 17.3 Å². The lowest BCUT2D eigenvalue weighted by Crippen LogP contribution is -2.37. The molecule has 0 aliphatic carbocycles. The van der Waals surface area contributed by atoms with E-state index in [1.54, 1.807) is 6.92 Å². The molecule has 20 heavy (non-hydrogen) atoms. The zero-order valence-corrected chi connectivity index (χ0v) is 13.3. The van der Waals surface area contributed by atoms with Gasteiger partial charge in [-0.25, -0.2) is 17.9 Å². The molecule has 0 aliphatic heterocycles. The molecule has 1 atom stereocenters. The Bertz CT molecular complexity index is 578. The highest BCUT2D eigenvalue weighted by Gasteiger charge is 2.21. The molecule has 0 aromatic heterocycles. The van der Waals surface area contributed by atoms with Crippen LogP contribution in [0.25, 0.3) is 0 Å². The molecule has 1 aromatic carbocycles. The third-order valence-corrected chi connectivity index (χ3v) is 4.42. The Morgan fingerprint density at radius 2 is 2.10 bits per heavy atom. The van der Waals surface area contributed by atoms with Gasteiger partial charge < -0.3 is 10.5 Å². The predicted octanol–water partition coefficient (Wildman–Crippen LogP) is 1.17. The highest BCUT2D eigenvalue weighted by atomic mass is 35.5. The molecule has 1 rings (SSSR count). The fourth-order valence-corrected chi connectivity index (χ4v) is 3.14. The highest BCUT2D eigenvalue weighted by molar-refractivity contribution is 7.89. The maximum atomic E-state index is 12.0. The number of hydrogen-bond donors (Lipinski definition) is 2. The van der Waals surface area contributed by atoms with E-state index in [-0.39, 0.29) is 34.4 Å². The van der Waals surface area contributed by atoms with Crippen LogP contribution < -0.4 is 10.5 Å². The molecule has 0 saturated carbocycles. The predicted molar refractivity (Wildman–Crippen MR) is 78.9 cm³/mol. The van der Waals surface area contributed by atoms with Gasteiger partial charge in [0.05, 0.1) is 17.7 Å². The number of nitrogens with two attached hydrogens (primary N) is 1. The van der Waals surface area contributed by atoms with Crippen molar-refractivity contribution in [2.75, 3.05) is 13.7 Å². The molecule has 0 amide bonds. The van der Waals surface area contributed by atoms with Crippen molar-refractivity contribution in [3.63, 3.8) is 0 Å². The summed E-state index contributed by atoms with van der Waals surface area (Å²) in [7, 11) is -2.54. The summed E-state index contributed by atoms with van der Waals surface area (Å²) in [5.74, 6) is -0.589. The van der Waals surface area contributed by atoms with Gasteiger partial charge in [0, 0.05) is 12.6 Å². The molecular formula is C11H16Cl2N2O4S. The number of ether oxygens (including phenoxy) is 1. The monoisotopic (exact) mass is 342 g/mol. The summed E-state index contributed by atoms with van der Waals surface area (Å²) in [6.07, 6.45) is 0. The van der Waals surface area contributed by atoms with Crippen molar-refractivity contribution in [2.45, 2.75) is 17.9 Å². The number of rotatable bonds is 5. The fourth-order valence-electron chi connectivity index (χ4n) is 1.34. The first-order valence-corrected chi connectivity index (χ1v) is 7.28. The number of hydrogen-bond acceptors (Lipinski definition) is 5. The molecule has 1 aromatic rings. The standard InChI is InChI=1S/C11H15ClN2O4S.ClH/c1-7(6-13)14-19(16,17)10-4-3-8(5-9(10)12)11(15)18-2;/h3-5,7,14H,6,13H2,1-2H3;1H/t7-;/m0./s1. The van der Waals surface area contributed by atoms with E-state index in [9.17, 15) is 13.2 Å². The third-order valence-electron chi connectivity index (χ3n) is 2.35. The van der Waals surface area contributed by atoms with Gasteiger partial charge >= 0.3 is 5.97 Å². The molecule has 3 N–H and O–H groups in total. The van der Waals surface area contributed by atoms with Gasteiger partial charge in [-0.3, -0.25) is 0 Å². The van der Waals surface area contributed by atoms with Crippen molar-refractivity contribution in [3.05, 3.63) is 28.8 Å². The minimum absolute atomic E-state index is 0. The Kier molecular flexibility index (Phi) is 7.46. The Morgan fingerprint density at radius 1 is 1.50 bits per heavy atom. The highest BCUT2D eigenvalue weighted by Crippen LogP contribution is 2.23. The van der Waals surface area contributed by atoms with Crippen LogP contribution in [-0.2, 0) is 14.8 Å². The molecule has 0 unspecified atom stereocenters. The number of carbonyl (C=O) groups excluding carboxylic acids is 1. The Hall–Kier alpha value is -0.860. The van der Waals surface area contributed by atoms with Crippen LogP contribution in [0.3, 0.4) is 0 Å². The quantitative estimate of drug-likeness (QED) is 0.782. The Balaban J connectivity index is 0.00000361. The van der Waals surface area contributed by atoms with Crippen LogP contribution in [0.15, 0.2) is 23.1 Å². The topological polar surface area (TPSA) is 98.5 Å². The number of methoxy groups -OCH3 is 1. The Labute approximate surface area is 129 Å². The summed E-state index contributed by atoms with van der Waals surface area (Å²) in [5, 5.41) is -0.0559. The molecule has 9 heteroatoms. The normalized spacial score (nSPS) is 12.4. The van der Waals surface area contributed by atoms with E-state index < -0.39 is 22.0 Å². The van der Waals surface area contributed by atoms with Gasteiger partial charge in [0.15, 0.2) is 0 Å². The van der Waals surface area contributed by atoms with Crippen molar-refractivity contribution < 1.29 is 17.9 Å². The van der Waals surface area contributed by atoms with Crippen LogP contribution in [0.5, 0.6) is 0 Å². The van der Waals surface area contributed by atoms with Crippen molar-refractivity contribution in [3.8, 4) is 0 Å². The van der Waals surface area contributed by atoms with Crippen molar-refractivity contribution in [1.29, 1.82) is 0 Å². The first kappa shape index (κ1) is 19.1. The molecule has 0 bridgehead atoms. The van der Waals surface area contributed by atoms with Crippen LogP contribution in [0.2, 0.25) is 5.02 Å². The number of nitrogens with one attached hydrogen (secondary N) is 1. The average molecular weight is 343 g/mol.